The van der Waals surface area contributed by atoms with Crippen molar-refractivity contribution in [3.05, 3.63) is 17.7 Å². The average Bonchev–Trinajstić information content (AvgIpc) is 2.39. The van der Waals surface area contributed by atoms with Gasteiger partial charge in [0.2, 0.25) is 0 Å². The lowest BCUT2D eigenvalue weighted by atomic mass is 9.91. The summed E-state index contributed by atoms with van der Waals surface area (Å²) >= 11 is 0. The topological polar surface area (TPSA) is 47.7 Å². The van der Waals surface area contributed by atoms with Gasteiger partial charge in [0.15, 0.2) is 11.5 Å². The Hall–Kier alpha value is -1.42. The predicted molar refractivity (Wildman–Crippen MR) is 82.2 cm³/mol. The van der Waals surface area contributed by atoms with Gasteiger partial charge in [-0.2, -0.15) is 0 Å². The molecular weight excluding hydrogens is 252 g/mol. The van der Waals surface area contributed by atoms with E-state index in [-0.39, 0.29) is 0 Å². The number of likely N-dealkylation sites (tertiary alicyclic amines) is 1. The molecule has 0 saturated carbocycles. The number of hydrogen-bond acceptors (Lipinski definition) is 4. The lowest BCUT2D eigenvalue weighted by Gasteiger charge is -2.35. The van der Waals surface area contributed by atoms with Crippen LogP contribution in [-0.2, 0) is 6.54 Å². The summed E-state index contributed by atoms with van der Waals surface area (Å²) in [6.07, 6.45) is 1.32. The predicted octanol–water partition coefficient (Wildman–Crippen LogP) is 2.76. The van der Waals surface area contributed by atoms with Crippen molar-refractivity contribution >= 4 is 5.69 Å². The molecule has 112 valence electrons. The van der Waals surface area contributed by atoms with Crippen LogP contribution in [0.1, 0.15) is 25.8 Å². The van der Waals surface area contributed by atoms with Gasteiger partial charge in [0.25, 0.3) is 0 Å². The third kappa shape index (κ3) is 3.37. The summed E-state index contributed by atoms with van der Waals surface area (Å²) in [6.45, 7) is 7.79. The third-order valence-corrected chi connectivity index (χ3v) is 3.98. The molecular formula is C16H26N2O2. The molecule has 0 radical (unpaired) electrons. The Morgan fingerprint density at radius 3 is 2.20 bits per heavy atom. The minimum Gasteiger partial charge on any atom is -0.493 e. The molecule has 0 amide bonds. The highest BCUT2D eigenvalue weighted by Crippen LogP contribution is 2.33. The van der Waals surface area contributed by atoms with E-state index in [4.69, 9.17) is 15.2 Å². The van der Waals surface area contributed by atoms with Gasteiger partial charge in [-0.3, -0.25) is 4.90 Å². The van der Waals surface area contributed by atoms with Crippen LogP contribution in [-0.4, -0.2) is 32.2 Å². The summed E-state index contributed by atoms with van der Waals surface area (Å²) < 4.78 is 10.6. The largest absolute Gasteiger partial charge is 0.493 e. The van der Waals surface area contributed by atoms with Gasteiger partial charge >= 0.3 is 0 Å². The van der Waals surface area contributed by atoms with Crippen LogP contribution >= 0.6 is 0 Å². The lowest BCUT2D eigenvalue weighted by molar-refractivity contribution is 0.134. The zero-order chi connectivity index (χ0) is 14.7. The molecule has 2 atom stereocenters. The first-order chi connectivity index (χ1) is 9.53. The lowest BCUT2D eigenvalue weighted by Crippen LogP contribution is -2.38. The van der Waals surface area contributed by atoms with E-state index in [1.807, 2.05) is 12.1 Å². The first kappa shape index (κ1) is 15.0. The molecule has 2 N–H and O–H groups in total. The van der Waals surface area contributed by atoms with Crippen LogP contribution in [0.25, 0.3) is 0 Å². The quantitative estimate of drug-likeness (QED) is 0.860. The van der Waals surface area contributed by atoms with Crippen molar-refractivity contribution in [3.63, 3.8) is 0 Å². The molecule has 20 heavy (non-hydrogen) atoms. The summed E-state index contributed by atoms with van der Waals surface area (Å²) in [7, 11) is 3.29. The minimum absolute atomic E-state index is 0.689. The van der Waals surface area contributed by atoms with Gasteiger partial charge in [-0.1, -0.05) is 13.8 Å². The fraction of sp³-hybridized carbons (Fsp3) is 0.625. The maximum atomic E-state index is 6.14. The van der Waals surface area contributed by atoms with Crippen LogP contribution in [0.15, 0.2) is 12.1 Å². The number of nitrogens with zero attached hydrogens (tertiary/aromatic N) is 1. The number of rotatable bonds is 4. The summed E-state index contributed by atoms with van der Waals surface area (Å²) in [5, 5.41) is 0. The van der Waals surface area contributed by atoms with Crippen molar-refractivity contribution in [1.82, 2.24) is 4.90 Å². The van der Waals surface area contributed by atoms with Crippen LogP contribution in [0.3, 0.4) is 0 Å². The molecule has 1 saturated heterocycles. The molecule has 1 fully saturated rings. The first-order valence-electron chi connectivity index (χ1n) is 7.26. The summed E-state index contributed by atoms with van der Waals surface area (Å²) in [6, 6.07) is 3.85. The van der Waals surface area contributed by atoms with Crippen LogP contribution in [0.2, 0.25) is 0 Å². The van der Waals surface area contributed by atoms with Crippen molar-refractivity contribution in [1.29, 1.82) is 0 Å². The molecule has 1 aromatic rings. The number of piperidine rings is 1. The zero-order valence-electron chi connectivity index (χ0n) is 13.0. The van der Waals surface area contributed by atoms with Gasteiger partial charge in [0, 0.05) is 31.4 Å². The highest BCUT2D eigenvalue weighted by Gasteiger charge is 2.22. The minimum atomic E-state index is 0.689. The number of nitrogens with two attached hydrogens (primary N) is 1. The highest BCUT2D eigenvalue weighted by atomic mass is 16.5. The van der Waals surface area contributed by atoms with Crippen LogP contribution in [0.4, 0.5) is 5.69 Å². The van der Waals surface area contributed by atoms with E-state index >= 15 is 0 Å². The average molecular weight is 278 g/mol. The fourth-order valence-electron chi connectivity index (χ4n) is 3.24. The van der Waals surface area contributed by atoms with Crippen molar-refractivity contribution in [2.24, 2.45) is 11.8 Å². The Morgan fingerprint density at radius 1 is 1.10 bits per heavy atom. The standard InChI is InChI=1S/C16H26N2O2/c1-11-5-12(2)9-18(8-11)10-13-6-15(19-3)16(20-4)7-14(13)17/h6-7,11-12H,5,8-10,17H2,1-4H3. The molecule has 0 spiro atoms. The van der Waals surface area contributed by atoms with Crippen molar-refractivity contribution in [3.8, 4) is 11.5 Å². The van der Waals surface area contributed by atoms with Crippen LogP contribution < -0.4 is 15.2 Å². The van der Waals surface area contributed by atoms with Gasteiger partial charge in [-0.25, -0.2) is 0 Å². The Morgan fingerprint density at radius 2 is 1.65 bits per heavy atom. The van der Waals surface area contributed by atoms with Gasteiger partial charge in [-0.05, 0) is 29.9 Å². The number of anilines is 1. The molecule has 1 aliphatic heterocycles. The Labute approximate surface area is 121 Å². The van der Waals surface area contributed by atoms with Crippen molar-refractivity contribution < 1.29 is 9.47 Å². The second-order valence-electron chi connectivity index (χ2n) is 6.05. The maximum Gasteiger partial charge on any atom is 0.162 e. The molecule has 0 aliphatic carbocycles. The molecule has 1 heterocycles. The highest BCUT2D eigenvalue weighted by molar-refractivity contribution is 5.57. The van der Waals surface area contributed by atoms with E-state index in [1.54, 1.807) is 14.2 Å². The molecule has 0 bridgehead atoms. The van der Waals surface area contributed by atoms with E-state index in [9.17, 15) is 0 Å². The summed E-state index contributed by atoms with van der Waals surface area (Å²) in [5.74, 6) is 2.93. The molecule has 0 aromatic heterocycles. The third-order valence-electron chi connectivity index (χ3n) is 3.98. The van der Waals surface area contributed by atoms with E-state index in [0.717, 1.165) is 48.5 Å². The number of hydrogen-bond donors (Lipinski definition) is 1. The van der Waals surface area contributed by atoms with Crippen LogP contribution in [0.5, 0.6) is 11.5 Å². The SMILES string of the molecule is COc1cc(N)c(CN2CC(C)CC(C)C2)cc1OC. The van der Waals surface area contributed by atoms with Gasteiger partial charge in [0.1, 0.15) is 0 Å². The molecule has 2 unspecified atom stereocenters. The fourth-order valence-corrected chi connectivity index (χ4v) is 3.24. The van der Waals surface area contributed by atoms with Gasteiger partial charge < -0.3 is 15.2 Å². The van der Waals surface area contributed by atoms with E-state index in [2.05, 4.69) is 18.7 Å². The smallest absolute Gasteiger partial charge is 0.162 e. The van der Waals surface area contributed by atoms with E-state index < -0.39 is 0 Å². The summed E-state index contributed by atoms with van der Waals surface area (Å²) in [5.41, 5.74) is 8.03. The Bertz CT molecular complexity index is 452. The zero-order valence-corrected chi connectivity index (χ0v) is 13.0. The maximum absolute atomic E-state index is 6.14. The van der Waals surface area contributed by atoms with E-state index in [1.165, 1.54) is 6.42 Å². The monoisotopic (exact) mass is 278 g/mol. The number of ether oxygens (including phenoxy) is 2. The van der Waals surface area contributed by atoms with Crippen molar-refractivity contribution in [2.75, 3.05) is 33.0 Å². The van der Waals surface area contributed by atoms with Crippen LogP contribution in [0, 0.1) is 11.8 Å². The Balaban J connectivity index is 2.16. The molecule has 1 aromatic carbocycles. The van der Waals surface area contributed by atoms with Gasteiger partial charge in [-0.15, -0.1) is 0 Å². The second kappa shape index (κ2) is 6.35. The number of nitrogen functional groups attached to an aromatic ring is 1. The summed E-state index contributed by atoms with van der Waals surface area (Å²) in [4.78, 5) is 2.48. The number of methoxy groups -OCH3 is 2. The normalized spacial score (nSPS) is 23.6. The first-order valence-corrected chi connectivity index (χ1v) is 7.26. The number of benzene rings is 1. The van der Waals surface area contributed by atoms with Gasteiger partial charge in [0.05, 0.1) is 14.2 Å². The molecule has 2 rings (SSSR count). The second-order valence-corrected chi connectivity index (χ2v) is 6.05. The molecule has 1 aliphatic rings. The van der Waals surface area contributed by atoms with Crippen molar-refractivity contribution in [2.45, 2.75) is 26.8 Å². The van der Waals surface area contributed by atoms with E-state index in [0.29, 0.717) is 5.75 Å². The Kier molecular flexibility index (Phi) is 4.76. The molecule has 4 heteroatoms. The molecule has 4 nitrogen and oxygen atoms in total.